The fourth-order valence-electron chi connectivity index (χ4n) is 2.53. The summed E-state index contributed by atoms with van der Waals surface area (Å²) in [5.74, 6) is -0.635. The van der Waals surface area contributed by atoms with Gasteiger partial charge in [-0.2, -0.15) is 0 Å². The first-order valence-corrected chi connectivity index (χ1v) is 11.0. The van der Waals surface area contributed by atoms with Crippen molar-refractivity contribution in [3.05, 3.63) is 91.4 Å². The van der Waals surface area contributed by atoms with Crippen molar-refractivity contribution in [2.45, 2.75) is 4.90 Å². The average molecular weight is 501 g/mol. The fourth-order valence-corrected chi connectivity index (χ4v) is 4.11. The van der Waals surface area contributed by atoms with Crippen LogP contribution in [-0.4, -0.2) is 19.2 Å². The van der Waals surface area contributed by atoms with Crippen molar-refractivity contribution in [3.8, 4) is 0 Å². The zero-order valence-corrected chi connectivity index (χ0v) is 18.4. The number of nitrogens with zero attached hydrogens (tertiary/aromatic N) is 1. The van der Waals surface area contributed by atoms with Gasteiger partial charge in [-0.25, -0.2) is 8.42 Å². The molecule has 1 amide bonds. The van der Waals surface area contributed by atoms with Crippen LogP contribution in [0.1, 0.15) is 10.4 Å². The van der Waals surface area contributed by atoms with E-state index in [4.69, 9.17) is 34.8 Å². The van der Waals surface area contributed by atoms with Crippen LogP contribution in [0.25, 0.3) is 0 Å². The number of nitrogens with one attached hydrogen (secondary N) is 2. The number of rotatable bonds is 6. The van der Waals surface area contributed by atoms with E-state index in [9.17, 15) is 23.3 Å². The normalized spacial score (nSPS) is 11.1. The highest BCUT2D eigenvalue weighted by molar-refractivity contribution is 7.92. The maximum absolute atomic E-state index is 12.8. The van der Waals surface area contributed by atoms with E-state index >= 15 is 0 Å². The topological polar surface area (TPSA) is 118 Å². The predicted molar refractivity (Wildman–Crippen MR) is 120 cm³/mol. The van der Waals surface area contributed by atoms with Crippen LogP contribution in [0.15, 0.2) is 65.6 Å². The minimum Gasteiger partial charge on any atom is -0.322 e. The molecule has 160 valence electrons. The highest BCUT2D eigenvalue weighted by atomic mass is 35.5. The van der Waals surface area contributed by atoms with Gasteiger partial charge in [0.05, 0.1) is 21.1 Å². The Labute approximate surface area is 191 Å². The van der Waals surface area contributed by atoms with E-state index in [1.807, 2.05) is 0 Å². The molecule has 2 N–H and O–H groups in total. The van der Waals surface area contributed by atoms with Gasteiger partial charge in [0.15, 0.2) is 0 Å². The Balaban J connectivity index is 1.94. The van der Waals surface area contributed by atoms with Crippen molar-refractivity contribution in [1.29, 1.82) is 0 Å². The Morgan fingerprint density at radius 2 is 1.55 bits per heavy atom. The standard InChI is InChI=1S/C19H12Cl3N3O5S/c20-11-1-4-13(5-2-11)23-19(26)15-9-12(21)3-8-17(15)24-31(29,30)14-6-7-16(22)18(10-14)25(27)28/h1-10,24H,(H,23,26). The van der Waals surface area contributed by atoms with E-state index in [0.717, 1.165) is 18.2 Å². The minimum absolute atomic E-state index is 0.0607. The maximum atomic E-state index is 12.8. The van der Waals surface area contributed by atoms with Crippen LogP contribution in [0.3, 0.4) is 0 Å². The lowest BCUT2D eigenvalue weighted by atomic mass is 10.1. The number of sulfonamides is 1. The number of anilines is 2. The molecule has 3 aromatic carbocycles. The molecule has 0 aliphatic carbocycles. The SMILES string of the molecule is O=C(Nc1ccc(Cl)cc1)c1cc(Cl)ccc1NS(=O)(=O)c1ccc(Cl)c([N+](=O)[O-])c1. The first-order valence-electron chi connectivity index (χ1n) is 8.40. The molecule has 8 nitrogen and oxygen atoms in total. The highest BCUT2D eigenvalue weighted by Crippen LogP contribution is 2.29. The summed E-state index contributed by atoms with van der Waals surface area (Å²) in [5.41, 5.74) is -0.277. The van der Waals surface area contributed by atoms with Crippen LogP contribution >= 0.6 is 34.8 Å². The van der Waals surface area contributed by atoms with Gasteiger partial charge < -0.3 is 5.32 Å². The largest absolute Gasteiger partial charge is 0.322 e. The van der Waals surface area contributed by atoms with Gasteiger partial charge in [-0.15, -0.1) is 0 Å². The third kappa shape index (κ3) is 5.45. The van der Waals surface area contributed by atoms with Gasteiger partial charge in [0.2, 0.25) is 0 Å². The molecular weight excluding hydrogens is 489 g/mol. The molecule has 0 radical (unpaired) electrons. The monoisotopic (exact) mass is 499 g/mol. The van der Waals surface area contributed by atoms with Crippen molar-refractivity contribution < 1.29 is 18.1 Å². The second-order valence-electron chi connectivity index (χ2n) is 6.13. The van der Waals surface area contributed by atoms with Crippen LogP contribution in [0.4, 0.5) is 17.1 Å². The van der Waals surface area contributed by atoms with Crippen LogP contribution in [0.2, 0.25) is 15.1 Å². The molecular formula is C19H12Cl3N3O5S. The summed E-state index contributed by atoms with van der Waals surface area (Å²) in [6.07, 6.45) is 0. The quantitative estimate of drug-likeness (QED) is 0.337. The van der Waals surface area contributed by atoms with E-state index in [2.05, 4.69) is 10.0 Å². The molecule has 0 fully saturated rings. The number of amides is 1. The second kappa shape index (κ2) is 9.11. The van der Waals surface area contributed by atoms with E-state index in [0.29, 0.717) is 10.7 Å². The molecule has 0 atom stereocenters. The zero-order valence-electron chi connectivity index (χ0n) is 15.3. The minimum atomic E-state index is -4.29. The van der Waals surface area contributed by atoms with Crippen LogP contribution in [0, 0.1) is 10.1 Å². The molecule has 0 saturated heterocycles. The van der Waals surface area contributed by atoms with E-state index in [-0.39, 0.29) is 21.3 Å². The maximum Gasteiger partial charge on any atom is 0.289 e. The van der Waals surface area contributed by atoms with E-state index in [1.165, 1.54) is 18.2 Å². The van der Waals surface area contributed by atoms with Gasteiger partial charge in [-0.1, -0.05) is 34.8 Å². The van der Waals surface area contributed by atoms with Crippen molar-refractivity contribution in [2.75, 3.05) is 10.0 Å². The molecule has 3 rings (SSSR count). The molecule has 3 aromatic rings. The molecule has 31 heavy (non-hydrogen) atoms. The predicted octanol–water partition coefficient (Wildman–Crippen LogP) is 5.61. The molecule has 0 unspecified atom stereocenters. The lowest BCUT2D eigenvalue weighted by Crippen LogP contribution is -2.19. The molecule has 0 aromatic heterocycles. The van der Waals surface area contributed by atoms with Gasteiger partial charge >= 0.3 is 0 Å². The summed E-state index contributed by atoms with van der Waals surface area (Å²) in [4.78, 5) is 22.6. The third-order valence-electron chi connectivity index (χ3n) is 4.00. The highest BCUT2D eigenvalue weighted by Gasteiger charge is 2.23. The summed E-state index contributed by atoms with van der Waals surface area (Å²) in [7, 11) is -4.29. The van der Waals surface area contributed by atoms with Crippen molar-refractivity contribution in [1.82, 2.24) is 0 Å². The summed E-state index contributed by atoms with van der Waals surface area (Å²) >= 11 is 17.5. The molecule has 0 saturated carbocycles. The summed E-state index contributed by atoms with van der Waals surface area (Å²) in [6, 6.07) is 13.3. The van der Waals surface area contributed by atoms with E-state index in [1.54, 1.807) is 24.3 Å². The zero-order chi connectivity index (χ0) is 22.8. The van der Waals surface area contributed by atoms with Crippen LogP contribution < -0.4 is 10.0 Å². The summed E-state index contributed by atoms with van der Waals surface area (Å²) in [5, 5.41) is 14.1. The van der Waals surface area contributed by atoms with Crippen molar-refractivity contribution >= 4 is 67.8 Å². The first-order chi connectivity index (χ1) is 14.6. The van der Waals surface area contributed by atoms with Gasteiger partial charge in [0, 0.05) is 21.8 Å². The third-order valence-corrected chi connectivity index (χ3v) is 6.17. The number of carbonyl (C=O) groups excluding carboxylic acids is 1. The smallest absolute Gasteiger partial charge is 0.289 e. The lowest BCUT2D eigenvalue weighted by Gasteiger charge is -2.13. The number of nitro groups is 1. The molecule has 0 aliphatic rings. The van der Waals surface area contributed by atoms with Gasteiger partial charge in [-0.05, 0) is 54.6 Å². The Bertz CT molecular complexity index is 1280. The Morgan fingerprint density at radius 1 is 0.903 bits per heavy atom. The number of benzene rings is 3. The van der Waals surface area contributed by atoms with Crippen molar-refractivity contribution in [3.63, 3.8) is 0 Å². The summed E-state index contributed by atoms with van der Waals surface area (Å²) < 4.78 is 27.8. The van der Waals surface area contributed by atoms with Crippen LogP contribution in [-0.2, 0) is 10.0 Å². The summed E-state index contributed by atoms with van der Waals surface area (Å²) in [6.45, 7) is 0. The molecule has 0 aliphatic heterocycles. The fraction of sp³-hybridized carbons (Fsp3) is 0. The van der Waals surface area contributed by atoms with Crippen molar-refractivity contribution in [2.24, 2.45) is 0 Å². The molecule has 0 heterocycles. The second-order valence-corrected chi connectivity index (χ2v) is 9.09. The molecule has 12 heteroatoms. The molecule has 0 spiro atoms. The number of halogens is 3. The Hall–Kier alpha value is -2.85. The number of nitro benzene ring substituents is 1. The lowest BCUT2D eigenvalue weighted by molar-refractivity contribution is -0.384. The van der Waals surface area contributed by atoms with Crippen LogP contribution in [0.5, 0.6) is 0 Å². The van der Waals surface area contributed by atoms with Gasteiger partial charge in [-0.3, -0.25) is 19.6 Å². The number of hydrogen-bond acceptors (Lipinski definition) is 5. The van der Waals surface area contributed by atoms with E-state index < -0.39 is 31.4 Å². The Morgan fingerprint density at radius 3 is 2.19 bits per heavy atom. The Kier molecular flexibility index (Phi) is 6.71. The first kappa shape index (κ1) is 22.8. The van der Waals surface area contributed by atoms with Gasteiger partial charge in [0.1, 0.15) is 5.02 Å². The molecule has 0 bridgehead atoms. The van der Waals surface area contributed by atoms with Gasteiger partial charge in [0.25, 0.3) is 21.6 Å². The number of hydrogen-bond donors (Lipinski definition) is 2. The number of carbonyl (C=O) groups is 1. The average Bonchev–Trinajstić information content (AvgIpc) is 2.70.